The predicted molar refractivity (Wildman–Crippen MR) is 66.0 cm³/mol. The van der Waals surface area contributed by atoms with Gasteiger partial charge in [0.1, 0.15) is 0 Å². The van der Waals surface area contributed by atoms with E-state index in [1.807, 2.05) is 37.3 Å². The number of amides is 1. The summed E-state index contributed by atoms with van der Waals surface area (Å²) >= 11 is 0. The number of rotatable bonds is 5. The second-order valence-electron chi connectivity index (χ2n) is 3.41. The largest absolute Gasteiger partial charge is 0.376 e. The summed E-state index contributed by atoms with van der Waals surface area (Å²) in [7, 11) is 0. The Kier molecular flexibility index (Phi) is 4.94. The van der Waals surface area contributed by atoms with Crippen molar-refractivity contribution in [2.45, 2.75) is 19.4 Å². The third kappa shape index (κ3) is 4.05. The molecule has 0 bridgehead atoms. The predicted octanol–water partition coefficient (Wildman–Crippen LogP) is 1.63. The van der Waals surface area contributed by atoms with Crippen LogP contribution >= 0.6 is 0 Å². The summed E-state index contributed by atoms with van der Waals surface area (Å²) in [6, 6.07) is 9.39. The van der Waals surface area contributed by atoms with Crippen molar-refractivity contribution in [3.8, 4) is 12.3 Å². The molecule has 0 aliphatic heterocycles. The molecule has 3 nitrogen and oxygen atoms in total. The molecule has 0 radical (unpaired) electrons. The second-order valence-corrected chi connectivity index (χ2v) is 3.41. The lowest BCUT2D eigenvalue weighted by Crippen LogP contribution is -2.37. The number of para-hydroxylation sites is 1. The van der Waals surface area contributed by atoms with Gasteiger partial charge in [0.25, 0.3) is 0 Å². The van der Waals surface area contributed by atoms with E-state index in [0.29, 0.717) is 0 Å². The third-order valence-corrected chi connectivity index (χ3v) is 2.17. The van der Waals surface area contributed by atoms with Gasteiger partial charge in [-0.05, 0) is 18.6 Å². The molecule has 1 aromatic rings. The molecule has 1 rings (SSSR count). The smallest absolute Gasteiger partial charge is 0.240 e. The van der Waals surface area contributed by atoms with Crippen molar-refractivity contribution < 1.29 is 4.79 Å². The highest BCUT2D eigenvalue weighted by molar-refractivity contribution is 5.81. The molecule has 1 amide bonds. The van der Waals surface area contributed by atoms with Gasteiger partial charge in [-0.25, -0.2) is 0 Å². The SMILES string of the molecule is C#CC(CC)NC(=O)CNc1ccccc1. The number of carbonyl (C=O) groups excluding carboxylic acids is 1. The third-order valence-electron chi connectivity index (χ3n) is 2.17. The van der Waals surface area contributed by atoms with Crippen molar-refractivity contribution in [3.05, 3.63) is 30.3 Å². The van der Waals surface area contributed by atoms with Crippen LogP contribution in [0.4, 0.5) is 5.69 Å². The first kappa shape index (κ1) is 12.1. The van der Waals surface area contributed by atoms with Gasteiger partial charge in [0.2, 0.25) is 5.91 Å². The number of nitrogens with one attached hydrogen (secondary N) is 2. The van der Waals surface area contributed by atoms with E-state index in [9.17, 15) is 4.79 Å². The second kappa shape index (κ2) is 6.52. The minimum absolute atomic E-state index is 0.0892. The molecule has 0 fully saturated rings. The maximum atomic E-state index is 11.5. The van der Waals surface area contributed by atoms with E-state index in [4.69, 9.17) is 6.42 Å². The summed E-state index contributed by atoms with van der Waals surface area (Å²) in [5.41, 5.74) is 0.923. The van der Waals surface area contributed by atoms with Gasteiger partial charge in [0.15, 0.2) is 0 Å². The van der Waals surface area contributed by atoms with Crippen molar-refractivity contribution in [2.24, 2.45) is 0 Å². The molecule has 0 spiro atoms. The Morgan fingerprint density at radius 2 is 2.12 bits per heavy atom. The fourth-order valence-corrected chi connectivity index (χ4v) is 1.25. The Balaban J connectivity index is 2.34. The van der Waals surface area contributed by atoms with E-state index in [2.05, 4.69) is 16.6 Å². The average Bonchev–Trinajstić information content (AvgIpc) is 2.34. The minimum atomic E-state index is -0.176. The van der Waals surface area contributed by atoms with E-state index in [-0.39, 0.29) is 18.5 Å². The standard InChI is InChI=1S/C13H16N2O/c1-3-11(4-2)15-13(16)10-14-12-8-6-5-7-9-12/h1,5-9,11,14H,4,10H2,2H3,(H,15,16). The zero-order valence-electron chi connectivity index (χ0n) is 9.36. The first-order valence-electron chi connectivity index (χ1n) is 5.30. The summed E-state index contributed by atoms with van der Waals surface area (Å²) in [5, 5.41) is 5.77. The Morgan fingerprint density at radius 3 is 2.69 bits per heavy atom. The number of benzene rings is 1. The van der Waals surface area contributed by atoms with Gasteiger partial charge in [-0.15, -0.1) is 6.42 Å². The molecule has 0 aromatic heterocycles. The maximum Gasteiger partial charge on any atom is 0.240 e. The fourth-order valence-electron chi connectivity index (χ4n) is 1.25. The van der Waals surface area contributed by atoms with Crippen molar-refractivity contribution in [2.75, 3.05) is 11.9 Å². The highest BCUT2D eigenvalue weighted by atomic mass is 16.1. The zero-order chi connectivity index (χ0) is 11.8. The summed E-state index contributed by atoms with van der Waals surface area (Å²) in [6.07, 6.45) is 6.00. The van der Waals surface area contributed by atoms with Crippen molar-refractivity contribution in [3.63, 3.8) is 0 Å². The molecule has 1 aromatic carbocycles. The number of hydrogen-bond acceptors (Lipinski definition) is 2. The van der Waals surface area contributed by atoms with E-state index >= 15 is 0 Å². The number of anilines is 1. The van der Waals surface area contributed by atoms with E-state index in [0.717, 1.165) is 12.1 Å². The van der Waals surface area contributed by atoms with Crippen LogP contribution in [0.15, 0.2) is 30.3 Å². The molecule has 1 atom stereocenters. The maximum absolute atomic E-state index is 11.5. The Labute approximate surface area is 96.2 Å². The Bertz CT molecular complexity index is 367. The van der Waals surface area contributed by atoms with Crippen LogP contribution in [-0.4, -0.2) is 18.5 Å². The first-order chi connectivity index (χ1) is 7.76. The fraction of sp³-hybridized carbons (Fsp3) is 0.308. The van der Waals surface area contributed by atoms with Crippen LogP contribution in [0.2, 0.25) is 0 Å². The minimum Gasteiger partial charge on any atom is -0.376 e. The molecule has 0 aliphatic rings. The van der Waals surface area contributed by atoms with Gasteiger partial charge >= 0.3 is 0 Å². The van der Waals surface area contributed by atoms with Crippen LogP contribution < -0.4 is 10.6 Å². The molecular weight excluding hydrogens is 200 g/mol. The first-order valence-corrected chi connectivity index (χ1v) is 5.30. The lowest BCUT2D eigenvalue weighted by molar-refractivity contribution is -0.119. The lowest BCUT2D eigenvalue weighted by Gasteiger charge is -2.11. The van der Waals surface area contributed by atoms with Crippen LogP contribution in [0.1, 0.15) is 13.3 Å². The quantitative estimate of drug-likeness (QED) is 0.734. The van der Waals surface area contributed by atoms with Crippen molar-refractivity contribution in [1.29, 1.82) is 0 Å². The molecule has 0 saturated heterocycles. The molecule has 2 N–H and O–H groups in total. The van der Waals surface area contributed by atoms with Crippen molar-refractivity contribution in [1.82, 2.24) is 5.32 Å². The van der Waals surface area contributed by atoms with Crippen LogP contribution in [0.5, 0.6) is 0 Å². The van der Waals surface area contributed by atoms with Gasteiger partial charge in [-0.2, -0.15) is 0 Å². The van der Waals surface area contributed by atoms with E-state index in [1.54, 1.807) is 0 Å². The monoisotopic (exact) mass is 216 g/mol. The summed E-state index contributed by atoms with van der Waals surface area (Å²) < 4.78 is 0. The summed E-state index contributed by atoms with van der Waals surface area (Å²) in [4.78, 5) is 11.5. The van der Waals surface area contributed by atoms with Crippen LogP contribution in [0.3, 0.4) is 0 Å². The molecule has 1 unspecified atom stereocenters. The highest BCUT2D eigenvalue weighted by Crippen LogP contribution is 2.03. The molecular formula is C13H16N2O. The van der Waals surface area contributed by atoms with Crippen LogP contribution in [0.25, 0.3) is 0 Å². The number of carbonyl (C=O) groups is 1. The van der Waals surface area contributed by atoms with Crippen LogP contribution in [-0.2, 0) is 4.79 Å². The number of hydrogen-bond donors (Lipinski definition) is 2. The molecule has 84 valence electrons. The molecule has 0 aliphatic carbocycles. The van der Waals surface area contributed by atoms with Gasteiger partial charge in [-0.1, -0.05) is 31.0 Å². The van der Waals surface area contributed by atoms with Gasteiger partial charge < -0.3 is 10.6 Å². The molecule has 0 heterocycles. The highest BCUT2D eigenvalue weighted by Gasteiger charge is 2.06. The number of terminal acetylenes is 1. The Morgan fingerprint density at radius 1 is 1.44 bits per heavy atom. The zero-order valence-corrected chi connectivity index (χ0v) is 9.36. The van der Waals surface area contributed by atoms with Gasteiger partial charge in [-0.3, -0.25) is 4.79 Å². The Hall–Kier alpha value is -1.95. The normalized spacial score (nSPS) is 11.2. The molecule has 0 saturated carbocycles. The summed E-state index contributed by atoms with van der Waals surface area (Å²) in [6.45, 7) is 2.18. The molecule has 3 heteroatoms. The lowest BCUT2D eigenvalue weighted by atomic mass is 10.2. The van der Waals surface area contributed by atoms with Gasteiger partial charge in [0.05, 0.1) is 12.6 Å². The van der Waals surface area contributed by atoms with Gasteiger partial charge in [0, 0.05) is 5.69 Å². The van der Waals surface area contributed by atoms with Crippen molar-refractivity contribution >= 4 is 11.6 Å². The van der Waals surface area contributed by atoms with E-state index < -0.39 is 0 Å². The van der Waals surface area contributed by atoms with E-state index in [1.165, 1.54) is 0 Å². The average molecular weight is 216 g/mol. The molecule has 16 heavy (non-hydrogen) atoms. The van der Waals surface area contributed by atoms with Crippen LogP contribution in [0, 0.1) is 12.3 Å². The summed E-state index contributed by atoms with van der Waals surface area (Å²) in [5.74, 6) is 2.43. The topological polar surface area (TPSA) is 41.1 Å².